The highest BCUT2D eigenvalue weighted by Gasteiger charge is 2.28. The van der Waals surface area contributed by atoms with E-state index in [9.17, 15) is 4.79 Å². The van der Waals surface area contributed by atoms with Gasteiger partial charge in [-0.05, 0) is 30.9 Å². The third-order valence-corrected chi connectivity index (χ3v) is 4.85. The molecule has 3 heteroatoms. The number of benzene rings is 1. The highest BCUT2D eigenvalue weighted by Crippen LogP contribution is 2.35. The van der Waals surface area contributed by atoms with E-state index in [1.807, 2.05) is 36.0 Å². The van der Waals surface area contributed by atoms with Gasteiger partial charge in [-0.15, -0.1) is 0 Å². The first-order valence-electron chi connectivity index (χ1n) is 7.78. The summed E-state index contributed by atoms with van der Waals surface area (Å²) in [5.74, 6) is 2.02. The minimum absolute atomic E-state index is 0.178. The molecule has 0 spiro atoms. The molecule has 1 saturated carbocycles. The number of fused-ring (bicyclic) bond motifs is 1. The van der Waals surface area contributed by atoms with Crippen molar-refractivity contribution in [2.75, 3.05) is 7.11 Å². The monoisotopic (exact) mass is 285 g/mol. The Labute approximate surface area is 125 Å². The Balaban J connectivity index is 2.02. The number of ketones is 1. The van der Waals surface area contributed by atoms with Crippen LogP contribution in [-0.2, 0) is 7.05 Å². The summed E-state index contributed by atoms with van der Waals surface area (Å²) in [6.07, 6.45) is 6.33. The molecule has 0 unspecified atom stereocenters. The van der Waals surface area contributed by atoms with Gasteiger partial charge in [0, 0.05) is 24.7 Å². The van der Waals surface area contributed by atoms with Crippen LogP contribution in [-0.4, -0.2) is 17.5 Å². The number of aryl methyl sites for hydroxylation is 1. The van der Waals surface area contributed by atoms with Gasteiger partial charge in [0.25, 0.3) is 0 Å². The van der Waals surface area contributed by atoms with E-state index in [0.29, 0.717) is 0 Å². The molecule has 0 atom stereocenters. The molecule has 1 aliphatic carbocycles. The van der Waals surface area contributed by atoms with Crippen LogP contribution in [0.3, 0.4) is 0 Å². The van der Waals surface area contributed by atoms with Crippen molar-refractivity contribution >= 4 is 16.7 Å². The summed E-state index contributed by atoms with van der Waals surface area (Å²) in [7, 11) is 3.65. The minimum Gasteiger partial charge on any atom is -0.496 e. The average Bonchev–Trinajstić information content (AvgIpc) is 2.85. The predicted molar refractivity (Wildman–Crippen MR) is 84.9 cm³/mol. The molecule has 0 saturated heterocycles. The van der Waals surface area contributed by atoms with Crippen molar-refractivity contribution in [2.45, 2.75) is 32.6 Å². The number of hydrogen-bond acceptors (Lipinski definition) is 2. The van der Waals surface area contributed by atoms with Crippen molar-refractivity contribution in [1.82, 2.24) is 4.57 Å². The number of carbonyl (C=O) groups is 1. The highest BCUT2D eigenvalue weighted by molar-refractivity contribution is 6.11. The molecule has 0 aliphatic heterocycles. The van der Waals surface area contributed by atoms with Crippen molar-refractivity contribution in [3.8, 4) is 5.75 Å². The molecule has 3 nitrogen and oxygen atoms in total. The van der Waals surface area contributed by atoms with Crippen LogP contribution in [0.15, 0.2) is 24.4 Å². The third kappa shape index (κ3) is 2.45. The molecule has 2 aromatic rings. The lowest BCUT2D eigenvalue weighted by atomic mass is 9.79. The van der Waals surface area contributed by atoms with Crippen LogP contribution < -0.4 is 4.74 Å². The van der Waals surface area contributed by atoms with Gasteiger partial charge < -0.3 is 9.30 Å². The molecule has 1 heterocycles. The third-order valence-electron chi connectivity index (χ3n) is 4.85. The van der Waals surface area contributed by atoms with E-state index in [1.54, 1.807) is 7.11 Å². The second-order valence-corrected chi connectivity index (χ2v) is 6.33. The summed E-state index contributed by atoms with van der Waals surface area (Å²) in [6, 6.07) is 5.94. The minimum atomic E-state index is 0.178. The lowest BCUT2D eigenvalue weighted by Crippen LogP contribution is -2.20. The van der Waals surface area contributed by atoms with E-state index in [1.165, 1.54) is 0 Å². The van der Waals surface area contributed by atoms with Gasteiger partial charge in [0.2, 0.25) is 0 Å². The first kappa shape index (κ1) is 14.2. The number of methoxy groups -OCH3 is 1. The lowest BCUT2D eigenvalue weighted by Gasteiger charge is -2.24. The molecular formula is C18H23NO2. The van der Waals surface area contributed by atoms with E-state index in [2.05, 4.69) is 6.92 Å². The Morgan fingerprint density at radius 3 is 2.62 bits per heavy atom. The van der Waals surface area contributed by atoms with Crippen LogP contribution >= 0.6 is 0 Å². The SMILES string of the molecule is COc1cccc2c1c(C(=O)C1CCC(C)CC1)cn2C. The Bertz CT molecular complexity index is 663. The Morgan fingerprint density at radius 1 is 1.24 bits per heavy atom. The normalized spacial score (nSPS) is 22.4. The second-order valence-electron chi connectivity index (χ2n) is 6.33. The van der Waals surface area contributed by atoms with E-state index in [0.717, 1.165) is 53.8 Å². The van der Waals surface area contributed by atoms with Crippen LogP contribution in [0.1, 0.15) is 43.0 Å². The van der Waals surface area contributed by atoms with E-state index in [4.69, 9.17) is 4.74 Å². The molecule has 0 bridgehead atoms. The van der Waals surface area contributed by atoms with Crippen LogP contribution in [0.2, 0.25) is 0 Å². The van der Waals surface area contributed by atoms with Crippen LogP contribution in [0.25, 0.3) is 10.9 Å². The van der Waals surface area contributed by atoms with Gasteiger partial charge in [-0.2, -0.15) is 0 Å². The van der Waals surface area contributed by atoms with E-state index in [-0.39, 0.29) is 11.7 Å². The highest BCUT2D eigenvalue weighted by atomic mass is 16.5. The fourth-order valence-electron chi connectivity index (χ4n) is 3.51. The Morgan fingerprint density at radius 2 is 1.95 bits per heavy atom. The summed E-state index contributed by atoms with van der Waals surface area (Å²) in [6.45, 7) is 2.28. The van der Waals surface area contributed by atoms with Gasteiger partial charge in [-0.1, -0.05) is 25.8 Å². The number of nitrogens with zero attached hydrogens (tertiary/aromatic N) is 1. The van der Waals surface area contributed by atoms with Crippen molar-refractivity contribution in [2.24, 2.45) is 18.9 Å². The standard InChI is InChI=1S/C18H23NO2/c1-12-7-9-13(10-8-12)18(20)14-11-19(2)15-5-4-6-16(21-3)17(14)15/h4-6,11-13H,7-10H2,1-3H3. The summed E-state index contributed by atoms with van der Waals surface area (Å²) < 4.78 is 7.49. The molecule has 1 aliphatic rings. The van der Waals surface area contributed by atoms with Gasteiger partial charge >= 0.3 is 0 Å². The summed E-state index contributed by atoms with van der Waals surface area (Å²) in [5, 5.41) is 0.964. The summed E-state index contributed by atoms with van der Waals surface area (Å²) >= 11 is 0. The van der Waals surface area contributed by atoms with Gasteiger partial charge in [0.15, 0.2) is 5.78 Å². The Kier molecular flexibility index (Phi) is 3.75. The van der Waals surface area contributed by atoms with Gasteiger partial charge in [0.05, 0.1) is 18.0 Å². The van der Waals surface area contributed by atoms with Gasteiger partial charge in [-0.3, -0.25) is 4.79 Å². The molecule has 1 aromatic heterocycles. The number of rotatable bonds is 3. The molecule has 21 heavy (non-hydrogen) atoms. The molecule has 3 rings (SSSR count). The maximum atomic E-state index is 12.9. The van der Waals surface area contributed by atoms with Crippen molar-refractivity contribution in [1.29, 1.82) is 0 Å². The molecular weight excluding hydrogens is 262 g/mol. The summed E-state index contributed by atoms with van der Waals surface area (Å²) in [4.78, 5) is 12.9. The van der Waals surface area contributed by atoms with Crippen LogP contribution in [0.4, 0.5) is 0 Å². The fourth-order valence-corrected chi connectivity index (χ4v) is 3.51. The van der Waals surface area contributed by atoms with Crippen molar-refractivity contribution < 1.29 is 9.53 Å². The molecule has 0 N–H and O–H groups in total. The number of hydrogen-bond donors (Lipinski definition) is 0. The maximum Gasteiger partial charge on any atom is 0.168 e. The predicted octanol–water partition coefficient (Wildman–Crippen LogP) is 4.20. The van der Waals surface area contributed by atoms with Gasteiger partial charge in [-0.25, -0.2) is 0 Å². The lowest BCUT2D eigenvalue weighted by molar-refractivity contribution is 0.0877. The Hall–Kier alpha value is -1.77. The first-order chi connectivity index (χ1) is 10.1. The molecule has 1 fully saturated rings. The number of carbonyl (C=O) groups excluding carboxylic acids is 1. The molecule has 112 valence electrons. The molecule has 1 aromatic carbocycles. The van der Waals surface area contributed by atoms with Crippen molar-refractivity contribution in [3.05, 3.63) is 30.0 Å². The second kappa shape index (κ2) is 5.55. The average molecular weight is 285 g/mol. The molecule has 0 amide bonds. The zero-order chi connectivity index (χ0) is 15.0. The zero-order valence-corrected chi connectivity index (χ0v) is 13.1. The molecule has 0 radical (unpaired) electrons. The smallest absolute Gasteiger partial charge is 0.168 e. The fraction of sp³-hybridized carbons (Fsp3) is 0.500. The van der Waals surface area contributed by atoms with E-state index >= 15 is 0 Å². The zero-order valence-electron chi connectivity index (χ0n) is 13.1. The topological polar surface area (TPSA) is 31.2 Å². The largest absolute Gasteiger partial charge is 0.496 e. The van der Waals surface area contributed by atoms with Gasteiger partial charge in [0.1, 0.15) is 5.75 Å². The van der Waals surface area contributed by atoms with Crippen LogP contribution in [0, 0.1) is 11.8 Å². The first-order valence-corrected chi connectivity index (χ1v) is 7.78. The number of Topliss-reactive ketones (excluding diaryl/α,β-unsaturated/α-hetero) is 1. The number of aromatic nitrogens is 1. The maximum absolute atomic E-state index is 12.9. The summed E-state index contributed by atoms with van der Waals surface area (Å²) in [5.41, 5.74) is 1.88. The quantitative estimate of drug-likeness (QED) is 0.792. The van der Waals surface area contributed by atoms with Crippen LogP contribution in [0.5, 0.6) is 5.75 Å². The van der Waals surface area contributed by atoms with E-state index < -0.39 is 0 Å². The number of ether oxygens (including phenoxy) is 1. The van der Waals surface area contributed by atoms with Crippen molar-refractivity contribution in [3.63, 3.8) is 0 Å².